The first-order valence-corrected chi connectivity index (χ1v) is 7.27. The number of Topliss-reactive ketones (excluding diaryl/α,β-unsaturated/α-hetero) is 1. The zero-order chi connectivity index (χ0) is 15.2. The molecule has 1 N–H and O–H groups in total. The first-order chi connectivity index (χ1) is 10.1. The Labute approximate surface area is 134 Å². The van der Waals surface area contributed by atoms with Gasteiger partial charge >= 0.3 is 0 Å². The van der Waals surface area contributed by atoms with E-state index in [-0.39, 0.29) is 12.2 Å². The van der Waals surface area contributed by atoms with Crippen molar-refractivity contribution in [3.8, 4) is 0 Å². The summed E-state index contributed by atoms with van der Waals surface area (Å²) >= 11 is 12.1. The zero-order valence-corrected chi connectivity index (χ0v) is 13.1. The lowest BCUT2D eigenvalue weighted by Crippen LogP contribution is -2.09. The standard InChI is InChI=1S/C17H15Cl2NO/c1-20-11-15(14-7-2-3-8-16(14)19)17(21)10-12-5-4-6-13(18)9-12/h2-9,11,20H,10H2,1H3. The van der Waals surface area contributed by atoms with Gasteiger partial charge in [-0.2, -0.15) is 0 Å². The summed E-state index contributed by atoms with van der Waals surface area (Å²) in [5.41, 5.74) is 2.16. The third-order valence-corrected chi connectivity index (χ3v) is 3.57. The third-order valence-electron chi connectivity index (χ3n) is 3.01. The van der Waals surface area contributed by atoms with Crippen LogP contribution in [0.4, 0.5) is 0 Å². The molecule has 0 atom stereocenters. The molecule has 0 aliphatic rings. The number of halogens is 2. The first-order valence-electron chi connectivity index (χ1n) is 6.52. The molecule has 2 nitrogen and oxygen atoms in total. The largest absolute Gasteiger partial charge is 0.393 e. The number of carbonyl (C=O) groups excluding carboxylic acids is 1. The van der Waals surface area contributed by atoms with Gasteiger partial charge in [0.25, 0.3) is 0 Å². The molecule has 0 heterocycles. The molecule has 0 saturated heterocycles. The summed E-state index contributed by atoms with van der Waals surface area (Å²) in [5, 5.41) is 4.08. The maximum Gasteiger partial charge on any atom is 0.169 e. The Bertz CT molecular complexity index is 680. The van der Waals surface area contributed by atoms with E-state index in [1.54, 1.807) is 31.4 Å². The summed E-state index contributed by atoms with van der Waals surface area (Å²) in [7, 11) is 1.75. The molecule has 0 bridgehead atoms. The SMILES string of the molecule is CNC=C(C(=O)Cc1cccc(Cl)c1)c1ccccc1Cl. The van der Waals surface area contributed by atoms with Crippen LogP contribution < -0.4 is 5.32 Å². The predicted molar refractivity (Wildman–Crippen MR) is 88.7 cm³/mol. The van der Waals surface area contributed by atoms with Gasteiger partial charge in [-0.3, -0.25) is 4.79 Å². The van der Waals surface area contributed by atoms with Crippen molar-refractivity contribution < 1.29 is 4.79 Å². The van der Waals surface area contributed by atoms with Crippen LogP contribution in [-0.2, 0) is 11.2 Å². The molecule has 0 amide bonds. The van der Waals surface area contributed by atoms with Crippen LogP contribution in [0.3, 0.4) is 0 Å². The normalized spacial score (nSPS) is 11.3. The fourth-order valence-electron chi connectivity index (χ4n) is 2.06. The molecule has 0 aromatic heterocycles. The van der Waals surface area contributed by atoms with Crippen LogP contribution in [0.5, 0.6) is 0 Å². The monoisotopic (exact) mass is 319 g/mol. The number of hydrogen-bond donors (Lipinski definition) is 1. The van der Waals surface area contributed by atoms with Crippen molar-refractivity contribution in [2.24, 2.45) is 0 Å². The highest BCUT2D eigenvalue weighted by Crippen LogP contribution is 2.25. The number of nitrogens with one attached hydrogen (secondary N) is 1. The molecule has 2 rings (SSSR count). The number of rotatable bonds is 5. The molecule has 108 valence electrons. The summed E-state index contributed by atoms with van der Waals surface area (Å²) in [6, 6.07) is 14.6. The summed E-state index contributed by atoms with van der Waals surface area (Å²) in [4.78, 5) is 12.6. The zero-order valence-electron chi connectivity index (χ0n) is 11.6. The highest BCUT2D eigenvalue weighted by molar-refractivity contribution is 6.35. The van der Waals surface area contributed by atoms with Crippen LogP contribution in [0, 0.1) is 0 Å². The van der Waals surface area contributed by atoms with Crippen LogP contribution >= 0.6 is 23.2 Å². The molecule has 0 radical (unpaired) electrons. The highest BCUT2D eigenvalue weighted by atomic mass is 35.5. The Morgan fingerprint density at radius 1 is 1.14 bits per heavy atom. The Hall–Kier alpha value is -1.77. The van der Waals surface area contributed by atoms with Crippen molar-refractivity contribution in [3.05, 3.63) is 75.9 Å². The maximum atomic E-state index is 12.6. The number of hydrogen-bond acceptors (Lipinski definition) is 2. The van der Waals surface area contributed by atoms with Crippen LogP contribution in [0.25, 0.3) is 5.57 Å². The lowest BCUT2D eigenvalue weighted by atomic mass is 9.97. The van der Waals surface area contributed by atoms with Gasteiger partial charge in [-0.1, -0.05) is 53.5 Å². The second-order valence-electron chi connectivity index (χ2n) is 4.56. The van der Waals surface area contributed by atoms with Crippen molar-refractivity contribution in [2.45, 2.75) is 6.42 Å². The van der Waals surface area contributed by atoms with Gasteiger partial charge in [-0.05, 0) is 23.8 Å². The van der Waals surface area contributed by atoms with Crippen LogP contribution in [0.15, 0.2) is 54.7 Å². The smallest absolute Gasteiger partial charge is 0.169 e. The van der Waals surface area contributed by atoms with E-state index in [1.165, 1.54) is 0 Å². The molecule has 2 aromatic rings. The van der Waals surface area contributed by atoms with Gasteiger partial charge < -0.3 is 5.32 Å². The van der Waals surface area contributed by atoms with Crippen molar-refractivity contribution >= 4 is 34.6 Å². The second kappa shape index (κ2) is 7.30. The van der Waals surface area contributed by atoms with E-state index in [4.69, 9.17) is 23.2 Å². The summed E-state index contributed by atoms with van der Waals surface area (Å²) in [5.74, 6) is -0.0142. The average Bonchev–Trinajstić information content (AvgIpc) is 2.45. The number of benzene rings is 2. The second-order valence-corrected chi connectivity index (χ2v) is 5.40. The number of allylic oxidation sites excluding steroid dienone is 1. The molecule has 2 aromatic carbocycles. The van der Waals surface area contributed by atoms with Crippen molar-refractivity contribution in [1.29, 1.82) is 0 Å². The van der Waals surface area contributed by atoms with E-state index >= 15 is 0 Å². The molecule has 0 spiro atoms. The molecule has 0 unspecified atom stereocenters. The van der Waals surface area contributed by atoms with Crippen molar-refractivity contribution in [3.63, 3.8) is 0 Å². The fourth-order valence-corrected chi connectivity index (χ4v) is 2.51. The van der Waals surface area contributed by atoms with E-state index in [2.05, 4.69) is 5.32 Å². The average molecular weight is 320 g/mol. The van der Waals surface area contributed by atoms with Gasteiger partial charge in [0.2, 0.25) is 0 Å². The minimum absolute atomic E-state index is 0.0142. The predicted octanol–water partition coefficient (Wildman–Crippen LogP) is 4.37. The molecular weight excluding hydrogens is 305 g/mol. The molecule has 4 heteroatoms. The topological polar surface area (TPSA) is 29.1 Å². The number of ketones is 1. The Balaban J connectivity index is 2.29. The lowest BCUT2D eigenvalue weighted by molar-refractivity contribution is -0.113. The quantitative estimate of drug-likeness (QED) is 0.829. The van der Waals surface area contributed by atoms with E-state index in [0.717, 1.165) is 11.1 Å². The van der Waals surface area contributed by atoms with Gasteiger partial charge in [0.15, 0.2) is 5.78 Å². The van der Waals surface area contributed by atoms with E-state index in [1.807, 2.05) is 30.3 Å². The summed E-state index contributed by atoms with van der Waals surface area (Å²) in [6.07, 6.45) is 1.95. The molecule has 21 heavy (non-hydrogen) atoms. The summed E-state index contributed by atoms with van der Waals surface area (Å²) in [6.45, 7) is 0. The number of carbonyl (C=O) groups is 1. The van der Waals surface area contributed by atoms with Gasteiger partial charge in [0.05, 0.1) is 0 Å². The van der Waals surface area contributed by atoms with Gasteiger partial charge in [-0.15, -0.1) is 0 Å². The summed E-state index contributed by atoms with van der Waals surface area (Å²) < 4.78 is 0. The highest BCUT2D eigenvalue weighted by Gasteiger charge is 2.15. The van der Waals surface area contributed by atoms with Crippen molar-refractivity contribution in [2.75, 3.05) is 7.05 Å². The third kappa shape index (κ3) is 4.10. The lowest BCUT2D eigenvalue weighted by Gasteiger charge is -2.09. The minimum atomic E-state index is -0.0142. The minimum Gasteiger partial charge on any atom is -0.393 e. The molecule has 0 aliphatic carbocycles. The molecule has 0 aliphatic heterocycles. The Morgan fingerprint density at radius 3 is 2.57 bits per heavy atom. The first kappa shape index (κ1) is 15.6. The molecule has 0 saturated carbocycles. The van der Waals surface area contributed by atoms with Gasteiger partial charge in [0.1, 0.15) is 0 Å². The van der Waals surface area contributed by atoms with E-state index in [0.29, 0.717) is 15.6 Å². The van der Waals surface area contributed by atoms with Gasteiger partial charge in [-0.25, -0.2) is 0 Å². The maximum absolute atomic E-state index is 12.6. The van der Waals surface area contributed by atoms with Crippen LogP contribution in [-0.4, -0.2) is 12.8 Å². The molecular formula is C17H15Cl2NO. The van der Waals surface area contributed by atoms with Crippen LogP contribution in [0.2, 0.25) is 10.0 Å². The van der Waals surface area contributed by atoms with Gasteiger partial charge in [0, 0.05) is 40.9 Å². The van der Waals surface area contributed by atoms with Crippen molar-refractivity contribution in [1.82, 2.24) is 5.32 Å². The van der Waals surface area contributed by atoms with Crippen LogP contribution in [0.1, 0.15) is 11.1 Å². The van der Waals surface area contributed by atoms with E-state index in [9.17, 15) is 4.79 Å². The fraction of sp³-hybridized carbons (Fsp3) is 0.118. The Kier molecular flexibility index (Phi) is 5.43. The van der Waals surface area contributed by atoms with E-state index < -0.39 is 0 Å². The Morgan fingerprint density at radius 2 is 1.90 bits per heavy atom. The molecule has 0 fully saturated rings.